The van der Waals surface area contributed by atoms with E-state index in [9.17, 15) is 5.26 Å². The molecule has 2 heterocycles. The lowest BCUT2D eigenvalue weighted by molar-refractivity contribution is 0.414. The highest BCUT2D eigenvalue weighted by Crippen LogP contribution is 2.40. The van der Waals surface area contributed by atoms with Gasteiger partial charge in [0.2, 0.25) is 0 Å². The molecule has 0 amide bonds. The minimum atomic E-state index is 0.602. The molecule has 11 aromatic rings. The van der Waals surface area contributed by atoms with Gasteiger partial charge in [0.05, 0.1) is 55.0 Å². The third kappa shape index (κ3) is 7.62. The molecular weight excluding hydrogens is 837 g/mol. The van der Waals surface area contributed by atoms with Gasteiger partial charge in [-0.2, -0.15) is 5.26 Å². The number of nitrogens with zero attached hydrogens (tertiary/aromatic N) is 4. The second kappa shape index (κ2) is 17.6. The number of nitriles is 1. The Kier molecular flexibility index (Phi) is 10.8. The summed E-state index contributed by atoms with van der Waals surface area (Å²) in [5.74, 6) is 2.44. The van der Waals surface area contributed by atoms with E-state index < -0.39 is 0 Å². The summed E-state index contributed by atoms with van der Waals surface area (Å²) >= 11 is 0. The fourth-order valence-electron chi connectivity index (χ4n) is 9.88. The maximum Gasteiger partial charge on any atom is 0.119 e. The van der Waals surface area contributed by atoms with Crippen LogP contribution in [-0.2, 0) is 13.0 Å². The molecule has 0 aliphatic rings. The van der Waals surface area contributed by atoms with Crippen LogP contribution in [0.25, 0.3) is 66.1 Å². The first kappa shape index (κ1) is 41.9. The largest absolute Gasteiger partial charge is 0.497 e. The molecule has 7 nitrogen and oxygen atoms in total. The molecule has 0 bridgehead atoms. The summed E-state index contributed by atoms with van der Waals surface area (Å²) in [5.41, 5.74) is 16.6. The number of aryl methyl sites for hydroxylation is 1. The number of anilines is 2. The number of rotatable bonds is 12. The van der Waals surface area contributed by atoms with E-state index in [0.717, 1.165) is 74.1 Å². The minimum absolute atomic E-state index is 0.602. The van der Waals surface area contributed by atoms with E-state index in [4.69, 9.17) is 14.2 Å². The van der Waals surface area contributed by atoms with Crippen LogP contribution in [-0.4, -0.2) is 30.5 Å². The number of para-hydroxylation sites is 1. The summed E-state index contributed by atoms with van der Waals surface area (Å²) in [6, 6.07) is 70.9. The molecule has 0 unspecified atom stereocenters. The Morgan fingerprint density at radius 3 is 1.62 bits per heavy atom. The number of methoxy groups -OCH3 is 3. The van der Waals surface area contributed by atoms with Crippen LogP contribution in [0, 0.1) is 18.3 Å². The molecule has 2 aromatic heterocycles. The van der Waals surface area contributed by atoms with Gasteiger partial charge in [-0.3, -0.25) is 0 Å². The first-order chi connectivity index (χ1) is 33.4. The molecule has 330 valence electrons. The van der Waals surface area contributed by atoms with Crippen LogP contribution in [0.4, 0.5) is 11.4 Å². The van der Waals surface area contributed by atoms with Crippen LogP contribution in [0.2, 0.25) is 0 Å². The molecule has 0 saturated heterocycles. The van der Waals surface area contributed by atoms with Crippen molar-refractivity contribution in [1.82, 2.24) is 9.13 Å². The number of ether oxygens (including phenoxy) is 3. The topological polar surface area (TPSA) is 64.6 Å². The van der Waals surface area contributed by atoms with E-state index >= 15 is 0 Å². The number of benzene rings is 9. The zero-order valence-electron chi connectivity index (χ0n) is 38.4. The lowest BCUT2D eigenvalue weighted by atomic mass is 9.96. The van der Waals surface area contributed by atoms with E-state index in [1.807, 2.05) is 60.7 Å². The summed E-state index contributed by atoms with van der Waals surface area (Å²) in [6.45, 7) is 2.81. The Balaban J connectivity index is 1.05. The van der Waals surface area contributed by atoms with E-state index in [1.54, 1.807) is 21.3 Å². The predicted octanol–water partition coefficient (Wildman–Crippen LogP) is 14.7. The normalized spacial score (nSPS) is 11.3. The van der Waals surface area contributed by atoms with Crippen molar-refractivity contribution in [2.24, 2.45) is 0 Å². The van der Waals surface area contributed by atoms with Gasteiger partial charge in [-0.1, -0.05) is 72.8 Å². The van der Waals surface area contributed by atoms with E-state index in [1.165, 1.54) is 49.3 Å². The second-order valence-electron chi connectivity index (χ2n) is 17.3. The molecule has 0 N–H and O–H groups in total. The first-order valence-electron chi connectivity index (χ1n) is 22.8. The Morgan fingerprint density at radius 2 is 0.985 bits per heavy atom. The van der Waals surface area contributed by atoms with Crippen LogP contribution in [0.3, 0.4) is 0 Å². The molecule has 0 spiro atoms. The SMILES string of the molecule is COc1ccc(-c2ccc3c4c(Cc5ccc6c7ccc(CN(c8ccc(C#N)cc8)c8ccc(OC)cc8)cc7n(-c7ccc(OC)cc7)c6c5)cc(C)cc4n(-c4ccccc4)c3c2)cc1. The van der Waals surface area contributed by atoms with Gasteiger partial charge in [0.15, 0.2) is 0 Å². The molecule has 0 saturated carbocycles. The standard InChI is InChI=1S/C61H48N4O3/c1-40-32-46(61-56-31-16-45(44-14-23-51(66-2)24-15-44)37-59(56)65(60(61)33-40)49-8-6-5-7-9-49)34-42-12-29-54-55-30-13-43(36-58(55)64(57(54)35-42)50-21-27-53(68-4)28-22-50)39-63(47-17-10-41(38-62)11-18-47)48-19-25-52(67-3)26-20-48/h5-33,35-37H,34,39H2,1-4H3. The number of hydrogen-bond acceptors (Lipinski definition) is 5. The summed E-state index contributed by atoms with van der Waals surface area (Å²) < 4.78 is 21.4. The monoisotopic (exact) mass is 884 g/mol. The predicted molar refractivity (Wildman–Crippen MR) is 278 cm³/mol. The van der Waals surface area contributed by atoms with Crippen molar-refractivity contribution in [1.29, 1.82) is 5.26 Å². The Hall–Kier alpha value is -8.73. The van der Waals surface area contributed by atoms with Crippen molar-refractivity contribution in [3.8, 4) is 45.8 Å². The smallest absolute Gasteiger partial charge is 0.119 e. The fourth-order valence-corrected chi connectivity index (χ4v) is 9.88. The van der Waals surface area contributed by atoms with Gasteiger partial charge in [-0.25, -0.2) is 0 Å². The maximum absolute atomic E-state index is 9.57. The molecule has 0 radical (unpaired) electrons. The van der Waals surface area contributed by atoms with Crippen molar-refractivity contribution in [3.05, 3.63) is 222 Å². The van der Waals surface area contributed by atoms with E-state index in [2.05, 4.69) is 160 Å². The number of fused-ring (bicyclic) bond motifs is 6. The zero-order chi connectivity index (χ0) is 46.3. The second-order valence-corrected chi connectivity index (χ2v) is 17.3. The van der Waals surface area contributed by atoms with Crippen molar-refractivity contribution in [2.75, 3.05) is 26.2 Å². The highest BCUT2D eigenvalue weighted by Gasteiger charge is 2.20. The summed E-state index contributed by atoms with van der Waals surface area (Å²) in [4.78, 5) is 2.28. The van der Waals surface area contributed by atoms with Gasteiger partial charge in [0.1, 0.15) is 17.2 Å². The summed E-state index contributed by atoms with van der Waals surface area (Å²) in [5, 5.41) is 14.4. The van der Waals surface area contributed by atoms with Crippen molar-refractivity contribution < 1.29 is 14.2 Å². The first-order valence-corrected chi connectivity index (χ1v) is 22.8. The van der Waals surface area contributed by atoms with Crippen LogP contribution >= 0.6 is 0 Å². The molecule has 0 aliphatic carbocycles. The van der Waals surface area contributed by atoms with Crippen molar-refractivity contribution in [3.63, 3.8) is 0 Å². The van der Waals surface area contributed by atoms with Gasteiger partial charge in [0.25, 0.3) is 0 Å². The van der Waals surface area contributed by atoms with Gasteiger partial charge >= 0.3 is 0 Å². The molecule has 7 heteroatoms. The van der Waals surface area contributed by atoms with Crippen LogP contribution in [0.1, 0.15) is 27.8 Å². The summed E-state index contributed by atoms with van der Waals surface area (Å²) in [7, 11) is 5.09. The zero-order valence-corrected chi connectivity index (χ0v) is 38.4. The van der Waals surface area contributed by atoms with Gasteiger partial charge in [-0.15, -0.1) is 0 Å². The lowest BCUT2D eigenvalue weighted by Crippen LogP contribution is -2.16. The minimum Gasteiger partial charge on any atom is -0.497 e. The number of hydrogen-bond donors (Lipinski definition) is 0. The third-order valence-corrected chi connectivity index (χ3v) is 13.2. The van der Waals surface area contributed by atoms with Crippen LogP contribution in [0.5, 0.6) is 17.2 Å². The molecule has 11 rings (SSSR count). The average molecular weight is 885 g/mol. The fraction of sp³-hybridized carbons (Fsp3) is 0.0984. The molecule has 68 heavy (non-hydrogen) atoms. The van der Waals surface area contributed by atoms with E-state index in [0.29, 0.717) is 12.1 Å². The van der Waals surface area contributed by atoms with Gasteiger partial charge in [0, 0.05) is 50.8 Å². The van der Waals surface area contributed by atoms with Crippen LogP contribution < -0.4 is 19.1 Å². The highest BCUT2D eigenvalue weighted by molar-refractivity contribution is 6.13. The molecule has 9 aromatic carbocycles. The summed E-state index contributed by atoms with van der Waals surface area (Å²) in [6.07, 6.45) is 0.749. The van der Waals surface area contributed by atoms with Gasteiger partial charge < -0.3 is 28.2 Å². The molecular formula is C61H48N4O3. The third-order valence-electron chi connectivity index (χ3n) is 13.2. The maximum atomic E-state index is 9.57. The van der Waals surface area contributed by atoms with E-state index in [-0.39, 0.29) is 0 Å². The van der Waals surface area contributed by atoms with Crippen LogP contribution in [0.15, 0.2) is 194 Å². The number of aromatic nitrogens is 2. The lowest BCUT2D eigenvalue weighted by Gasteiger charge is -2.26. The Labute approximate surface area is 395 Å². The Bertz CT molecular complexity index is 3680. The van der Waals surface area contributed by atoms with Crippen molar-refractivity contribution in [2.45, 2.75) is 19.9 Å². The quantitative estimate of drug-likeness (QED) is 0.122. The van der Waals surface area contributed by atoms with Crippen molar-refractivity contribution >= 4 is 55.0 Å². The highest BCUT2D eigenvalue weighted by atomic mass is 16.5. The van der Waals surface area contributed by atoms with Gasteiger partial charge in [-0.05, 0) is 168 Å². The Morgan fingerprint density at radius 1 is 0.471 bits per heavy atom. The molecule has 0 fully saturated rings. The molecule has 0 atom stereocenters. The molecule has 0 aliphatic heterocycles. The average Bonchev–Trinajstić information content (AvgIpc) is 3.89.